The molecule has 7 heteroatoms. The lowest BCUT2D eigenvalue weighted by molar-refractivity contribution is -0.145. The third-order valence-electron chi connectivity index (χ3n) is 4.85. The number of aryl methyl sites for hydroxylation is 2. The van der Waals surface area contributed by atoms with Gasteiger partial charge in [0.05, 0.1) is 12.1 Å². The Morgan fingerprint density at radius 2 is 1.89 bits per heavy atom. The van der Waals surface area contributed by atoms with Gasteiger partial charge in [0.15, 0.2) is 10.7 Å². The molecule has 6 nitrogen and oxygen atoms in total. The largest absolute Gasteiger partial charge is 0.459 e. The summed E-state index contributed by atoms with van der Waals surface area (Å²) in [6.07, 6.45) is 4.22. The summed E-state index contributed by atoms with van der Waals surface area (Å²) in [4.78, 5) is 42.9. The minimum Gasteiger partial charge on any atom is -0.459 e. The van der Waals surface area contributed by atoms with Gasteiger partial charge in [-0.1, -0.05) is 30.3 Å². The summed E-state index contributed by atoms with van der Waals surface area (Å²) >= 11 is 1.54. The number of rotatable bonds is 6. The summed E-state index contributed by atoms with van der Waals surface area (Å²) in [5.41, 5.74) is 1.96. The van der Waals surface area contributed by atoms with Crippen LogP contribution in [0, 0.1) is 0 Å². The van der Waals surface area contributed by atoms with E-state index in [1.807, 2.05) is 6.07 Å². The third kappa shape index (κ3) is 3.89. The first-order valence-electron chi connectivity index (χ1n) is 9.39. The minimum atomic E-state index is -0.475. The van der Waals surface area contributed by atoms with E-state index in [1.165, 1.54) is 10.9 Å². The van der Waals surface area contributed by atoms with E-state index in [0.717, 1.165) is 31.4 Å². The van der Waals surface area contributed by atoms with Gasteiger partial charge in [-0.25, -0.2) is 4.98 Å². The van der Waals surface area contributed by atoms with Crippen LogP contribution >= 0.6 is 11.3 Å². The van der Waals surface area contributed by atoms with Crippen molar-refractivity contribution in [3.05, 3.63) is 68.6 Å². The summed E-state index contributed by atoms with van der Waals surface area (Å²) in [6, 6.07) is 10.3. The first kappa shape index (κ1) is 18.6. The number of nitrogens with zero attached hydrogens (tertiary/aromatic N) is 2. The van der Waals surface area contributed by atoms with Crippen molar-refractivity contribution in [1.29, 1.82) is 0 Å². The summed E-state index contributed by atoms with van der Waals surface area (Å²) in [6.45, 7) is -0.0628. The Morgan fingerprint density at radius 3 is 2.71 bits per heavy atom. The molecule has 144 valence electrons. The molecule has 3 aromatic rings. The number of esters is 1. The number of aromatic nitrogens is 2. The first-order chi connectivity index (χ1) is 13.6. The maximum absolute atomic E-state index is 12.5. The fourth-order valence-electron chi connectivity index (χ4n) is 3.43. The summed E-state index contributed by atoms with van der Waals surface area (Å²) in [5.74, 6) is -0.573. The highest BCUT2D eigenvalue weighted by Gasteiger charge is 2.19. The Kier molecular flexibility index (Phi) is 5.34. The van der Waals surface area contributed by atoms with Crippen LogP contribution in [0.15, 0.2) is 41.2 Å². The number of benzene rings is 1. The second-order valence-corrected chi connectivity index (χ2v) is 7.89. The molecule has 2 heterocycles. The predicted molar refractivity (Wildman–Crippen MR) is 106 cm³/mol. The zero-order chi connectivity index (χ0) is 19.5. The van der Waals surface area contributed by atoms with Crippen molar-refractivity contribution in [2.24, 2.45) is 0 Å². The zero-order valence-electron chi connectivity index (χ0n) is 15.3. The molecule has 0 fully saturated rings. The van der Waals surface area contributed by atoms with E-state index in [4.69, 9.17) is 4.74 Å². The fourth-order valence-corrected chi connectivity index (χ4v) is 4.66. The molecule has 0 bridgehead atoms. The number of Topliss-reactive ketones (excluding diaryl/α,β-unsaturated/α-hetero) is 1. The standard InChI is InChI=1S/C21H20N2O4S/c24-17(14-6-2-1-3-7-14)10-11-20(26)27-13-15-12-19(25)23-16-8-4-5-9-18(16)28-21(23)22-15/h1-3,6-7,12H,4-5,8-11,13H2. The van der Waals surface area contributed by atoms with Gasteiger partial charge in [-0.3, -0.25) is 18.8 Å². The first-order valence-corrected chi connectivity index (χ1v) is 10.2. The Labute approximate surface area is 165 Å². The molecule has 0 atom stereocenters. The van der Waals surface area contributed by atoms with Crippen LogP contribution in [0.4, 0.5) is 0 Å². The SMILES string of the molecule is O=C(CCC(=O)c1ccccc1)OCc1cc(=O)n2c3c(sc2n1)CCCC3. The minimum absolute atomic E-state index is 0.00223. The van der Waals surface area contributed by atoms with Gasteiger partial charge < -0.3 is 4.74 Å². The van der Waals surface area contributed by atoms with Crippen molar-refractivity contribution in [3.63, 3.8) is 0 Å². The maximum atomic E-state index is 12.5. The quantitative estimate of drug-likeness (QED) is 0.472. The monoisotopic (exact) mass is 396 g/mol. The lowest BCUT2D eigenvalue weighted by atomic mass is 10.0. The molecular weight excluding hydrogens is 376 g/mol. The van der Waals surface area contributed by atoms with E-state index in [1.54, 1.807) is 40.0 Å². The van der Waals surface area contributed by atoms with E-state index in [2.05, 4.69) is 4.98 Å². The lowest BCUT2D eigenvalue weighted by Gasteiger charge is -2.10. The molecule has 1 aromatic carbocycles. The average molecular weight is 396 g/mol. The molecule has 1 aliphatic carbocycles. The summed E-state index contributed by atoms with van der Waals surface area (Å²) in [7, 11) is 0. The molecule has 4 rings (SSSR count). The van der Waals surface area contributed by atoms with Gasteiger partial charge in [-0.2, -0.15) is 0 Å². The molecule has 0 spiro atoms. The van der Waals surface area contributed by atoms with Crippen LogP contribution in [0.3, 0.4) is 0 Å². The average Bonchev–Trinajstić information content (AvgIpc) is 3.10. The van der Waals surface area contributed by atoms with E-state index in [-0.39, 0.29) is 30.8 Å². The number of carbonyl (C=O) groups is 2. The molecule has 28 heavy (non-hydrogen) atoms. The number of carbonyl (C=O) groups excluding carboxylic acids is 2. The van der Waals surface area contributed by atoms with Crippen molar-refractivity contribution in [1.82, 2.24) is 9.38 Å². The van der Waals surface area contributed by atoms with Crippen LogP contribution in [0.25, 0.3) is 4.96 Å². The Balaban J connectivity index is 1.38. The number of hydrogen-bond acceptors (Lipinski definition) is 6. The Hall–Kier alpha value is -2.80. The third-order valence-corrected chi connectivity index (χ3v) is 5.99. The molecule has 1 aliphatic rings. The topological polar surface area (TPSA) is 77.7 Å². The van der Waals surface area contributed by atoms with Crippen LogP contribution in [-0.4, -0.2) is 21.1 Å². The maximum Gasteiger partial charge on any atom is 0.306 e. The van der Waals surface area contributed by atoms with E-state index >= 15 is 0 Å². The number of hydrogen-bond donors (Lipinski definition) is 0. The van der Waals surface area contributed by atoms with E-state index in [0.29, 0.717) is 16.2 Å². The zero-order valence-corrected chi connectivity index (χ0v) is 16.2. The molecule has 0 saturated carbocycles. The summed E-state index contributed by atoms with van der Waals surface area (Å²) < 4.78 is 6.91. The molecule has 0 radical (unpaired) electrons. The number of ketones is 1. The van der Waals surface area contributed by atoms with Crippen molar-refractivity contribution in [2.45, 2.75) is 45.1 Å². The molecular formula is C21H20N2O4S. The second kappa shape index (κ2) is 8.06. The normalized spacial score (nSPS) is 13.3. The number of thiazole rings is 1. The van der Waals surface area contributed by atoms with E-state index < -0.39 is 5.97 Å². The van der Waals surface area contributed by atoms with Gasteiger partial charge in [-0.15, -0.1) is 11.3 Å². The molecule has 2 aromatic heterocycles. The smallest absolute Gasteiger partial charge is 0.306 e. The summed E-state index contributed by atoms with van der Waals surface area (Å²) in [5, 5.41) is 0. The van der Waals surface area contributed by atoms with Crippen LogP contribution < -0.4 is 5.56 Å². The fraction of sp³-hybridized carbons (Fsp3) is 0.333. The van der Waals surface area contributed by atoms with Crippen LogP contribution in [0.5, 0.6) is 0 Å². The van der Waals surface area contributed by atoms with Crippen molar-refractivity contribution in [2.75, 3.05) is 0 Å². The molecule has 0 aliphatic heterocycles. The van der Waals surface area contributed by atoms with Crippen molar-refractivity contribution >= 4 is 28.1 Å². The molecule has 0 amide bonds. The highest BCUT2D eigenvalue weighted by molar-refractivity contribution is 7.17. The Bertz CT molecular complexity index is 1080. The highest BCUT2D eigenvalue weighted by Crippen LogP contribution is 2.28. The number of ether oxygens (including phenoxy) is 1. The van der Waals surface area contributed by atoms with Gasteiger partial charge in [0.2, 0.25) is 0 Å². The van der Waals surface area contributed by atoms with Crippen molar-refractivity contribution in [3.8, 4) is 0 Å². The number of fused-ring (bicyclic) bond motifs is 3. The van der Waals surface area contributed by atoms with Crippen LogP contribution in [-0.2, 0) is 29.0 Å². The molecule has 0 unspecified atom stereocenters. The van der Waals surface area contributed by atoms with E-state index in [9.17, 15) is 14.4 Å². The van der Waals surface area contributed by atoms with Gasteiger partial charge in [0.25, 0.3) is 5.56 Å². The molecule has 0 saturated heterocycles. The highest BCUT2D eigenvalue weighted by atomic mass is 32.1. The van der Waals surface area contributed by atoms with Gasteiger partial charge in [0.1, 0.15) is 6.61 Å². The van der Waals surface area contributed by atoms with Crippen LogP contribution in [0.2, 0.25) is 0 Å². The second-order valence-electron chi connectivity index (χ2n) is 6.83. The Morgan fingerprint density at radius 1 is 1.11 bits per heavy atom. The van der Waals surface area contributed by atoms with Crippen molar-refractivity contribution < 1.29 is 14.3 Å². The van der Waals surface area contributed by atoms with Gasteiger partial charge >= 0.3 is 5.97 Å². The lowest BCUT2D eigenvalue weighted by Crippen LogP contribution is -2.18. The van der Waals surface area contributed by atoms with Gasteiger partial charge in [0, 0.05) is 28.6 Å². The van der Waals surface area contributed by atoms with Gasteiger partial charge in [-0.05, 0) is 25.7 Å². The molecule has 0 N–H and O–H groups in total. The predicted octanol–water partition coefficient (Wildman–Crippen LogP) is 3.34. The van der Waals surface area contributed by atoms with Crippen LogP contribution in [0.1, 0.15) is 52.3 Å².